The number of hydrogen-bond acceptors (Lipinski definition) is 7. The van der Waals surface area contributed by atoms with Gasteiger partial charge in [-0.1, -0.05) is 11.6 Å². The number of rotatable bonds is 5. The second-order valence-corrected chi connectivity index (χ2v) is 11.3. The molecule has 2 aliphatic rings. The third-order valence-corrected chi connectivity index (χ3v) is 6.96. The molecule has 0 unspecified atom stereocenters. The fourth-order valence-corrected chi connectivity index (χ4v) is 4.86. The second kappa shape index (κ2) is 11.6. The van der Waals surface area contributed by atoms with E-state index in [1.165, 1.54) is 0 Å². The lowest BCUT2D eigenvalue weighted by Crippen LogP contribution is -2.47. The molecule has 0 bridgehead atoms. The quantitative estimate of drug-likeness (QED) is 0.554. The van der Waals surface area contributed by atoms with E-state index < -0.39 is 5.60 Å². The van der Waals surface area contributed by atoms with E-state index >= 15 is 0 Å². The summed E-state index contributed by atoms with van der Waals surface area (Å²) in [6, 6.07) is 5.83. The first-order valence-electron chi connectivity index (χ1n) is 12.9. The van der Waals surface area contributed by atoms with Crippen LogP contribution in [0.15, 0.2) is 30.6 Å². The molecule has 1 aliphatic carbocycles. The number of nitrogens with zero attached hydrogens (tertiary/aromatic N) is 4. The van der Waals surface area contributed by atoms with Crippen molar-refractivity contribution in [1.29, 1.82) is 0 Å². The van der Waals surface area contributed by atoms with Crippen LogP contribution in [0, 0.1) is 0 Å². The Kier molecular flexibility index (Phi) is 8.54. The molecule has 1 aliphatic heterocycles. The second-order valence-electron chi connectivity index (χ2n) is 10.9. The first-order chi connectivity index (χ1) is 17.6. The fourth-order valence-electron chi connectivity index (χ4n) is 4.70. The minimum Gasteiger partial charge on any atom is -0.444 e. The molecule has 10 heteroatoms. The Balaban J connectivity index is 1.38. The van der Waals surface area contributed by atoms with Gasteiger partial charge in [0.2, 0.25) is 0 Å². The van der Waals surface area contributed by atoms with Gasteiger partial charge in [-0.25, -0.2) is 9.78 Å². The molecule has 200 valence electrons. The molecule has 4 rings (SSSR count). The van der Waals surface area contributed by atoms with E-state index in [1.54, 1.807) is 12.4 Å². The largest absolute Gasteiger partial charge is 0.444 e. The van der Waals surface area contributed by atoms with Crippen molar-refractivity contribution in [2.45, 2.75) is 64.1 Å². The number of nitrogens with one attached hydrogen (secondary N) is 2. The van der Waals surface area contributed by atoms with Gasteiger partial charge in [-0.3, -0.25) is 9.78 Å². The lowest BCUT2D eigenvalue weighted by molar-refractivity contribution is 0.0491. The Hall–Kier alpha value is -2.91. The zero-order valence-electron chi connectivity index (χ0n) is 22.1. The van der Waals surface area contributed by atoms with Crippen molar-refractivity contribution < 1.29 is 14.3 Å². The van der Waals surface area contributed by atoms with Gasteiger partial charge in [0, 0.05) is 61.9 Å². The maximum atomic E-state index is 12.9. The topological polar surface area (TPSA) is 99.7 Å². The Morgan fingerprint density at radius 3 is 2.30 bits per heavy atom. The number of aromatic nitrogens is 2. The van der Waals surface area contributed by atoms with Gasteiger partial charge in [-0.05, 0) is 71.7 Å². The standard InChI is InChI=1S/C27H37ClN6O3/c1-27(2,3)37-26(36)32-20-8-6-19(7-9-20)31-23-15-24(28)30-17-21(23)22-10-5-18(16-29-22)25(35)34-13-11-33(4)12-14-34/h5,10,15-17,19-20H,6-9,11-14H2,1-4H3,(H,30,31)(H,32,36). The van der Waals surface area contributed by atoms with E-state index in [0.29, 0.717) is 10.7 Å². The predicted molar refractivity (Wildman–Crippen MR) is 145 cm³/mol. The number of pyridine rings is 2. The van der Waals surface area contributed by atoms with Gasteiger partial charge in [-0.2, -0.15) is 0 Å². The molecule has 9 nitrogen and oxygen atoms in total. The highest BCUT2D eigenvalue weighted by Gasteiger charge is 2.26. The third-order valence-electron chi connectivity index (χ3n) is 6.76. The van der Waals surface area contributed by atoms with E-state index in [4.69, 9.17) is 16.3 Å². The van der Waals surface area contributed by atoms with E-state index in [9.17, 15) is 9.59 Å². The summed E-state index contributed by atoms with van der Waals surface area (Å²) < 4.78 is 5.38. The van der Waals surface area contributed by atoms with Crippen LogP contribution < -0.4 is 10.6 Å². The normalized spacial score (nSPS) is 20.8. The highest BCUT2D eigenvalue weighted by Crippen LogP contribution is 2.31. The SMILES string of the molecule is CN1CCN(C(=O)c2ccc(-c3cnc(Cl)cc3NC3CCC(NC(=O)OC(C)(C)C)CC3)nc2)CC1. The number of amides is 2. The molecule has 0 radical (unpaired) electrons. The summed E-state index contributed by atoms with van der Waals surface area (Å²) in [6.07, 6.45) is 6.48. The van der Waals surface area contributed by atoms with Gasteiger partial charge in [0.05, 0.1) is 11.3 Å². The highest BCUT2D eigenvalue weighted by atomic mass is 35.5. The Morgan fingerprint density at radius 2 is 1.68 bits per heavy atom. The number of carbonyl (C=O) groups excluding carboxylic acids is 2. The lowest BCUT2D eigenvalue weighted by Gasteiger charge is -2.32. The number of halogens is 1. The highest BCUT2D eigenvalue weighted by molar-refractivity contribution is 6.29. The van der Waals surface area contributed by atoms with Crippen molar-refractivity contribution in [2.75, 3.05) is 38.5 Å². The maximum Gasteiger partial charge on any atom is 0.407 e. The molecule has 1 saturated heterocycles. The van der Waals surface area contributed by atoms with Crippen LogP contribution in [0.25, 0.3) is 11.3 Å². The number of anilines is 1. The maximum absolute atomic E-state index is 12.9. The summed E-state index contributed by atoms with van der Waals surface area (Å²) in [5, 5.41) is 6.99. The molecule has 2 aromatic rings. The average Bonchev–Trinajstić information content (AvgIpc) is 2.84. The number of carbonyl (C=O) groups is 2. The molecular weight excluding hydrogens is 492 g/mol. The first-order valence-corrected chi connectivity index (χ1v) is 13.3. The van der Waals surface area contributed by atoms with Crippen LogP contribution in [-0.2, 0) is 4.74 Å². The molecule has 2 aromatic heterocycles. The molecule has 0 spiro atoms. The zero-order chi connectivity index (χ0) is 26.6. The smallest absolute Gasteiger partial charge is 0.407 e. The van der Waals surface area contributed by atoms with Crippen LogP contribution in [0.5, 0.6) is 0 Å². The number of ether oxygens (including phenoxy) is 1. The van der Waals surface area contributed by atoms with Crippen LogP contribution in [0.2, 0.25) is 5.15 Å². The molecule has 0 aromatic carbocycles. The number of piperazine rings is 1. The van der Waals surface area contributed by atoms with Crippen LogP contribution in [0.4, 0.5) is 10.5 Å². The Morgan fingerprint density at radius 1 is 1.00 bits per heavy atom. The van der Waals surface area contributed by atoms with Gasteiger partial charge in [0.15, 0.2) is 0 Å². The molecular formula is C27H37ClN6O3. The van der Waals surface area contributed by atoms with Crippen molar-refractivity contribution in [3.63, 3.8) is 0 Å². The van der Waals surface area contributed by atoms with Gasteiger partial charge in [0.25, 0.3) is 5.91 Å². The average molecular weight is 529 g/mol. The number of alkyl carbamates (subject to hydrolysis) is 1. The summed E-state index contributed by atoms with van der Waals surface area (Å²) in [5.41, 5.74) is 2.48. The molecule has 2 fully saturated rings. The van der Waals surface area contributed by atoms with Crippen molar-refractivity contribution in [1.82, 2.24) is 25.1 Å². The van der Waals surface area contributed by atoms with Crippen molar-refractivity contribution >= 4 is 29.3 Å². The fraction of sp³-hybridized carbons (Fsp3) is 0.556. The minimum atomic E-state index is -0.510. The third kappa shape index (κ3) is 7.55. The molecule has 37 heavy (non-hydrogen) atoms. The predicted octanol–water partition coefficient (Wildman–Crippen LogP) is 4.43. The summed E-state index contributed by atoms with van der Waals surface area (Å²) in [5.74, 6) is 0.0106. The van der Waals surface area contributed by atoms with Crippen LogP contribution in [-0.4, -0.2) is 82.7 Å². The van der Waals surface area contributed by atoms with E-state index in [-0.39, 0.29) is 24.1 Å². The summed E-state index contributed by atoms with van der Waals surface area (Å²) in [6.45, 7) is 8.78. The number of likely N-dealkylation sites (N-methyl/N-ethyl adjacent to an activating group) is 1. The number of hydrogen-bond donors (Lipinski definition) is 2. The summed E-state index contributed by atoms with van der Waals surface area (Å²) in [4.78, 5) is 37.9. The van der Waals surface area contributed by atoms with E-state index in [1.807, 2.05) is 43.9 Å². The molecule has 2 N–H and O–H groups in total. The van der Waals surface area contributed by atoms with E-state index in [2.05, 4.69) is 32.5 Å². The van der Waals surface area contributed by atoms with Crippen LogP contribution in [0.1, 0.15) is 56.8 Å². The Bertz CT molecular complexity index is 1090. The van der Waals surface area contributed by atoms with Gasteiger partial charge in [0.1, 0.15) is 10.8 Å². The monoisotopic (exact) mass is 528 g/mol. The summed E-state index contributed by atoms with van der Waals surface area (Å²) in [7, 11) is 2.07. The van der Waals surface area contributed by atoms with Gasteiger partial charge in [-0.15, -0.1) is 0 Å². The van der Waals surface area contributed by atoms with Crippen molar-refractivity contribution in [2.24, 2.45) is 0 Å². The molecule has 2 amide bonds. The van der Waals surface area contributed by atoms with Gasteiger partial charge < -0.3 is 25.2 Å². The molecule has 1 saturated carbocycles. The lowest BCUT2D eigenvalue weighted by atomic mass is 9.91. The van der Waals surface area contributed by atoms with Crippen molar-refractivity contribution in [3.05, 3.63) is 41.3 Å². The zero-order valence-corrected chi connectivity index (χ0v) is 22.8. The van der Waals surface area contributed by atoms with Crippen LogP contribution >= 0.6 is 11.6 Å². The first kappa shape index (κ1) is 27.1. The summed E-state index contributed by atoms with van der Waals surface area (Å²) >= 11 is 6.23. The molecule has 0 atom stereocenters. The van der Waals surface area contributed by atoms with Crippen molar-refractivity contribution in [3.8, 4) is 11.3 Å². The molecule has 3 heterocycles. The minimum absolute atomic E-state index is 0.0106. The Labute approximate surface area is 223 Å². The van der Waals surface area contributed by atoms with Gasteiger partial charge >= 0.3 is 6.09 Å². The van der Waals surface area contributed by atoms with Crippen LogP contribution in [0.3, 0.4) is 0 Å². The van der Waals surface area contributed by atoms with E-state index in [0.717, 1.165) is 68.8 Å².